The van der Waals surface area contributed by atoms with Crippen LogP contribution < -0.4 is 5.73 Å². The van der Waals surface area contributed by atoms with Crippen molar-refractivity contribution in [2.75, 3.05) is 6.54 Å². The van der Waals surface area contributed by atoms with Crippen molar-refractivity contribution in [3.63, 3.8) is 0 Å². The molecule has 0 amide bonds. The summed E-state index contributed by atoms with van der Waals surface area (Å²) in [5.41, 5.74) is 8.06. The normalized spacial score (nSPS) is 22.2. The fourth-order valence-electron chi connectivity index (χ4n) is 3.20. The van der Waals surface area contributed by atoms with Gasteiger partial charge in [0.1, 0.15) is 0 Å². The maximum atomic E-state index is 11.8. The molecule has 1 aliphatic carbocycles. The first-order valence-corrected chi connectivity index (χ1v) is 7.35. The number of ketones is 1. The van der Waals surface area contributed by atoms with Gasteiger partial charge in [0.15, 0.2) is 5.78 Å². The van der Waals surface area contributed by atoms with E-state index in [-0.39, 0.29) is 5.78 Å². The summed E-state index contributed by atoms with van der Waals surface area (Å²) in [5, 5.41) is 0. The van der Waals surface area contributed by atoms with Gasteiger partial charge in [-0.05, 0) is 42.7 Å². The Balaban J connectivity index is 2.08. The number of rotatable bonds is 4. The maximum Gasteiger partial charge on any atom is 0.164 e. The molecule has 1 aliphatic rings. The molecule has 1 fully saturated rings. The predicted molar refractivity (Wildman–Crippen MR) is 79.4 cm³/mol. The van der Waals surface area contributed by atoms with Gasteiger partial charge in [0.2, 0.25) is 0 Å². The molecule has 1 saturated carbocycles. The van der Waals surface area contributed by atoms with Crippen LogP contribution in [0.2, 0.25) is 0 Å². The molecule has 0 saturated heterocycles. The highest BCUT2D eigenvalue weighted by Gasteiger charge is 2.28. The van der Waals surface area contributed by atoms with E-state index in [0.29, 0.717) is 24.3 Å². The van der Waals surface area contributed by atoms with Gasteiger partial charge in [-0.2, -0.15) is 0 Å². The van der Waals surface area contributed by atoms with Gasteiger partial charge in [-0.15, -0.1) is 0 Å². The van der Waals surface area contributed by atoms with Crippen molar-refractivity contribution >= 4 is 5.78 Å². The summed E-state index contributed by atoms with van der Waals surface area (Å²) in [4.78, 5) is 11.8. The van der Waals surface area contributed by atoms with Gasteiger partial charge in [0.05, 0.1) is 0 Å². The SMILES string of the molecule is CC1(C)CCCC(c2ccc(C(=O)CCN)cc2)C1. The number of hydrogen-bond donors (Lipinski definition) is 1. The summed E-state index contributed by atoms with van der Waals surface area (Å²) in [7, 11) is 0. The van der Waals surface area contributed by atoms with Gasteiger partial charge >= 0.3 is 0 Å². The molecule has 1 unspecified atom stereocenters. The molecule has 19 heavy (non-hydrogen) atoms. The first kappa shape index (κ1) is 14.3. The van der Waals surface area contributed by atoms with E-state index in [0.717, 1.165) is 5.56 Å². The summed E-state index contributed by atoms with van der Waals surface area (Å²) in [6, 6.07) is 8.20. The molecule has 0 aromatic heterocycles. The molecule has 0 spiro atoms. The van der Waals surface area contributed by atoms with E-state index >= 15 is 0 Å². The fourth-order valence-corrected chi connectivity index (χ4v) is 3.20. The molecule has 1 aromatic carbocycles. The Bertz CT molecular complexity index is 433. The van der Waals surface area contributed by atoms with Crippen LogP contribution in [0.5, 0.6) is 0 Å². The maximum absolute atomic E-state index is 11.8. The topological polar surface area (TPSA) is 43.1 Å². The molecule has 1 aromatic rings. The van der Waals surface area contributed by atoms with E-state index < -0.39 is 0 Å². The van der Waals surface area contributed by atoms with E-state index in [1.165, 1.54) is 31.2 Å². The van der Waals surface area contributed by atoms with E-state index in [1.807, 2.05) is 12.1 Å². The molecule has 2 nitrogen and oxygen atoms in total. The van der Waals surface area contributed by atoms with Crippen molar-refractivity contribution < 1.29 is 4.79 Å². The second-order valence-corrected chi connectivity index (χ2v) is 6.54. The minimum atomic E-state index is 0.151. The Hall–Kier alpha value is -1.15. The van der Waals surface area contributed by atoms with E-state index in [2.05, 4.69) is 26.0 Å². The van der Waals surface area contributed by atoms with Crippen LogP contribution in [-0.2, 0) is 0 Å². The Morgan fingerprint density at radius 2 is 2.00 bits per heavy atom. The molecule has 0 heterocycles. The zero-order valence-corrected chi connectivity index (χ0v) is 12.1. The summed E-state index contributed by atoms with van der Waals surface area (Å²) >= 11 is 0. The second-order valence-electron chi connectivity index (χ2n) is 6.54. The first-order valence-electron chi connectivity index (χ1n) is 7.35. The lowest BCUT2D eigenvalue weighted by atomic mass is 9.70. The van der Waals surface area contributed by atoms with Crippen molar-refractivity contribution in [2.45, 2.75) is 51.9 Å². The lowest BCUT2D eigenvalue weighted by molar-refractivity contribution is 0.0985. The number of nitrogens with two attached hydrogens (primary N) is 1. The monoisotopic (exact) mass is 259 g/mol. The van der Waals surface area contributed by atoms with Gasteiger partial charge in [-0.1, -0.05) is 44.5 Å². The summed E-state index contributed by atoms with van der Waals surface area (Å²) in [6.07, 6.45) is 5.61. The Morgan fingerprint density at radius 1 is 1.32 bits per heavy atom. The summed E-state index contributed by atoms with van der Waals surface area (Å²) in [5.74, 6) is 0.806. The average Bonchev–Trinajstić information content (AvgIpc) is 2.38. The third-order valence-corrected chi connectivity index (χ3v) is 4.28. The van der Waals surface area contributed by atoms with E-state index in [4.69, 9.17) is 5.73 Å². The van der Waals surface area contributed by atoms with E-state index in [1.54, 1.807) is 0 Å². The third-order valence-electron chi connectivity index (χ3n) is 4.28. The van der Waals surface area contributed by atoms with Gasteiger partial charge in [0, 0.05) is 12.0 Å². The van der Waals surface area contributed by atoms with Crippen LogP contribution in [0.4, 0.5) is 0 Å². The van der Waals surface area contributed by atoms with Crippen molar-refractivity contribution in [1.29, 1.82) is 0 Å². The highest BCUT2D eigenvalue weighted by atomic mass is 16.1. The smallest absolute Gasteiger partial charge is 0.164 e. The first-order chi connectivity index (χ1) is 9.02. The van der Waals surface area contributed by atoms with Gasteiger partial charge in [0.25, 0.3) is 0 Å². The standard InChI is InChI=1S/C17H25NO/c1-17(2)10-3-4-15(12-17)13-5-7-14(8-6-13)16(19)9-11-18/h5-8,15H,3-4,9-12,18H2,1-2H3. The predicted octanol–water partition coefficient (Wildman–Crippen LogP) is 3.90. The van der Waals surface area contributed by atoms with Crippen molar-refractivity contribution in [1.82, 2.24) is 0 Å². The minimum Gasteiger partial charge on any atom is -0.330 e. The van der Waals surface area contributed by atoms with Crippen LogP contribution in [0.25, 0.3) is 0 Å². The lowest BCUT2D eigenvalue weighted by Gasteiger charge is -2.35. The number of Topliss-reactive ketones (excluding diaryl/α,β-unsaturated/α-hetero) is 1. The molecule has 0 aliphatic heterocycles. The van der Waals surface area contributed by atoms with Gasteiger partial charge in [-0.25, -0.2) is 0 Å². The third kappa shape index (κ3) is 3.66. The molecule has 1 atom stereocenters. The largest absolute Gasteiger partial charge is 0.330 e. The number of carbonyl (C=O) groups excluding carboxylic acids is 1. The quantitative estimate of drug-likeness (QED) is 0.833. The van der Waals surface area contributed by atoms with Crippen molar-refractivity contribution in [3.8, 4) is 0 Å². The molecule has 2 N–H and O–H groups in total. The van der Waals surface area contributed by atoms with Crippen LogP contribution in [0.15, 0.2) is 24.3 Å². The second kappa shape index (κ2) is 5.87. The number of benzene rings is 1. The molecule has 0 radical (unpaired) electrons. The van der Waals surface area contributed by atoms with Crippen LogP contribution in [-0.4, -0.2) is 12.3 Å². The Labute approximate surface area is 116 Å². The fraction of sp³-hybridized carbons (Fsp3) is 0.588. The molecule has 104 valence electrons. The molecular weight excluding hydrogens is 234 g/mol. The van der Waals surface area contributed by atoms with Crippen LogP contribution >= 0.6 is 0 Å². The van der Waals surface area contributed by atoms with Crippen LogP contribution in [0.3, 0.4) is 0 Å². The number of carbonyl (C=O) groups is 1. The van der Waals surface area contributed by atoms with Crippen LogP contribution in [0, 0.1) is 5.41 Å². The Morgan fingerprint density at radius 3 is 2.58 bits per heavy atom. The molecular formula is C17H25NO. The minimum absolute atomic E-state index is 0.151. The van der Waals surface area contributed by atoms with Crippen LogP contribution in [0.1, 0.15) is 67.8 Å². The lowest BCUT2D eigenvalue weighted by Crippen LogP contribution is -2.21. The zero-order chi connectivity index (χ0) is 13.9. The average molecular weight is 259 g/mol. The molecule has 2 heteroatoms. The molecule has 2 rings (SSSR count). The van der Waals surface area contributed by atoms with Crippen molar-refractivity contribution in [3.05, 3.63) is 35.4 Å². The highest BCUT2D eigenvalue weighted by molar-refractivity contribution is 5.96. The van der Waals surface area contributed by atoms with Gasteiger partial charge < -0.3 is 5.73 Å². The Kier molecular flexibility index (Phi) is 4.41. The summed E-state index contributed by atoms with van der Waals surface area (Å²) < 4.78 is 0. The highest BCUT2D eigenvalue weighted by Crippen LogP contribution is 2.43. The summed E-state index contributed by atoms with van der Waals surface area (Å²) in [6.45, 7) is 5.15. The number of hydrogen-bond acceptors (Lipinski definition) is 2. The zero-order valence-electron chi connectivity index (χ0n) is 12.1. The molecule has 0 bridgehead atoms. The van der Waals surface area contributed by atoms with E-state index in [9.17, 15) is 4.79 Å². The van der Waals surface area contributed by atoms with Crippen molar-refractivity contribution in [2.24, 2.45) is 11.1 Å². The van der Waals surface area contributed by atoms with Gasteiger partial charge in [-0.3, -0.25) is 4.79 Å².